The number of ether oxygens (including phenoxy) is 1. The van der Waals surface area contributed by atoms with Gasteiger partial charge in [-0.3, -0.25) is 10.5 Å². The van der Waals surface area contributed by atoms with E-state index in [-0.39, 0.29) is 5.97 Å². The fourth-order valence-electron chi connectivity index (χ4n) is 2.06. The number of rotatable bonds is 4. The molecular weight excluding hydrogens is 178 g/mol. The van der Waals surface area contributed by atoms with Crippen LogP contribution in [-0.2, 0) is 9.53 Å². The zero-order valence-electron chi connectivity index (χ0n) is 9.00. The Bertz CT molecular complexity index is 174. The molecule has 0 aromatic carbocycles. The van der Waals surface area contributed by atoms with Crippen molar-refractivity contribution in [2.75, 3.05) is 0 Å². The topological polar surface area (TPSA) is 52.3 Å². The Labute approximate surface area is 86.0 Å². The molecule has 0 bridgehead atoms. The van der Waals surface area contributed by atoms with Crippen molar-refractivity contribution in [2.24, 2.45) is 11.7 Å². The second-order valence-electron chi connectivity index (χ2n) is 4.24. The lowest BCUT2D eigenvalue weighted by Gasteiger charge is -2.21. The third-order valence-electron chi connectivity index (χ3n) is 2.80. The molecule has 0 saturated heterocycles. The second-order valence-corrected chi connectivity index (χ2v) is 4.24. The predicted octanol–water partition coefficient (Wildman–Crippen LogP) is 2.19. The standard InChI is InChI=1S/C11H21NO2/c1-9(12)14-11(13)8-7-10-5-3-2-4-6-10/h9-10H,2-8,12H2,1H3. The Morgan fingerprint density at radius 2 is 2.07 bits per heavy atom. The molecule has 14 heavy (non-hydrogen) atoms. The smallest absolute Gasteiger partial charge is 0.307 e. The Morgan fingerprint density at radius 1 is 1.43 bits per heavy atom. The van der Waals surface area contributed by atoms with Crippen molar-refractivity contribution < 1.29 is 9.53 Å². The first-order chi connectivity index (χ1) is 6.68. The molecule has 82 valence electrons. The molecule has 1 unspecified atom stereocenters. The highest BCUT2D eigenvalue weighted by Crippen LogP contribution is 2.27. The monoisotopic (exact) mass is 199 g/mol. The first-order valence-corrected chi connectivity index (χ1v) is 5.63. The zero-order chi connectivity index (χ0) is 10.4. The van der Waals surface area contributed by atoms with Gasteiger partial charge in [0.1, 0.15) is 6.23 Å². The summed E-state index contributed by atoms with van der Waals surface area (Å²) in [5.41, 5.74) is 5.36. The van der Waals surface area contributed by atoms with Crippen molar-refractivity contribution in [1.82, 2.24) is 0 Å². The van der Waals surface area contributed by atoms with Gasteiger partial charge in [0.05, 0.1) is 0 Å². The van der Waals surface area contributed by atoms with Crippen LogP contribution in [0.25, 0.3) is 0 Å². The van der Waals surface area contributed by atoms with Gasteiger partial charge in [0.15, 0.2) is 0 Å². The van der Waals surface area contributed by atoms with E-state index in [1.54, 1.807) is 6.92 Å². The molecule has 1 rings (SSSR count). The van der Waals surface area contributed by atoms with Gasteiger partial charge in [0, 0.05) is 6.42 Å². The van der Waals surface area contributed by atoms with E-state index in [9.17, 15) is 4.79 Å². The molecule has 0 spiro atoms. The van der Waals surface area contributed by atoms with Crippen LogP contribution in [0.15, 0.2) is 0 Å². The molecule has 0 heterocycles. The van der Waals surface area contributed by atoms with Gasteiger partial charge in [-0.1, -0.05) is 32.1 Å². The van der Waals surface area contributed by atoms with Crippen LogP contribution in [0.3, 0.4) is 0 Å². The zero-order valence-corrected chi connectivity index (χ0v) is 9.00. The maximum Gasteiger partial charge on any atom is 0.307 e. The fraction of sp³-hybridized carbons (Fsp3) is 0.909. The van der Waals surface area contributed by atoms with E-state index in [2.05, 4.69) is 0 Å². The summed E-state index contributed by atoms with van der Waals surface area (Å²) in [5, 5.41) is 0. The summed E-state index contributed by atoms with van der Waals surface area (Å²) in [4.78, 5) is 11.2. The normalized spacial score (nSPS) is 20.4. The number of hydrogen-bond donors (Lipinski definition) is 1. The van der Waals surface area contributed by atoms with Gasteiger partial charge in [-0.15, -0.1) is 0 Å². The van der Waals surface area contributed by atoms with Gasteiger partial charge in [-0.2, -0.15) is 0 Å². The second kappa shape index (κ2) is 6.02. The van der Waals surface area contributed by atoms with Crippen LogP contribution >= 0.6 is 0 Å². The van der Waals surface area contributed by atoms with Gasteiger partial charge < -0.3 is 4.74 Å². The Morgan fingerprint density at radius 3 is 2.64 bits per heavy atom. The molecule has 1 atom stereocenters. The largest absolute Gasteiger partial charge is 0.447 e. The van der Waals surface area contributed by atoms with E-state index < -0.39 is 6.23 Å². The first-order valence-electron chi connectivity index (χ1n) is 5.63. The maximum absolute atomic E-state index is 11.2. The third-order valence-corrected chi connectivity index (χ3v) is 2.80. The summed E-state index contributed by atoms with van der Waals surface area (Å²) in [6, 6.07) is 0. The number of hydrogen-bond acceptors (Lipinski definition) is 3. The van der Waals surface area contributed by atoms with Gasteiger partial charge in [-0.05, 0) is 19.3 Å². The molecule has 0 aromatic rings. The molecule has 0 aliphatic heterocycles. The molecule has 1 aliphatic carbocycles. The number of carbonyl (C=O) groups is 1. The van der Waals surface area contributed by atoms with E-state index in [0.717, 1.165) is 12.3 Å². The maximum atomic E-state index is 11.2. The van der Waals surface area contributed by atoms with Crippen molar-refractivity contribution in [1.29, 1.82) is 0 Å². The number of nitrogens with two attached hydrogens (primary N) is 1. The molecule has 1 fully saturated rings. The van der Waals surface area contributed by atoms with E-state index in [1.165, 1.54) is 32.1 Å². The summed E-state index contributed by atoms with van der Waals surface area (Å²) in [5.74, 6) is 0.593. The summed E-state index contributed by atoms with van der Waals surface area (Å²) in [7, 11) is 0. The lowest BCUT2D eigenvalue weighted by molar-refractivity contribution is -0.148. The average molecular weight is 199 g/mol. The molecule has 3 heteroatoms. The van der Waals surface area contributed by atoms with E-state index in [4.69, 9.17) is 10.5 Å². The van der Waals surface area contributed by atoms with Gasteiger partial charge in [0.25, 0.3) is 0 Å². The van der Waals surface area contributed by atoms with E-state index in [1.807, 2.05) is 0 Å². The highest BCUT2D eigenvalue weighted by molar-refractivity contribution is 5.69. The van der Waals surface area contributed by atoms with E-state index >= 15 is 0 Å². The minimum Gasteiger partial charge on any atom is -0.447 e. The van der Waals surface area contributed by atoms with Crippen LogP contribution in [-0.4, -0.2) is 12.2 Å². The van der Waals surface area contributed by atoms with Gasteiger partial charge in [0.2, 0.25) is 0 Å². The third kappa shape index (κ3) is 4.61. The van der Waals surface area contributed by atoms with Crippen LogP contribution in [0.5, 0.6) is 0 Å². The molecule has 3 nitrogen and oxygen atoms in total. The summed E-state index contributed by atoms with van der Waals surface area (Å²) in [6.45, 7) is 1.68. The highest BCUT2D eigenvalue weighted by Gasteiger charge is 2.15. The summed E-state index contributed by atoms with van der Waals surface area (Å²) in [6.07, 6.45) is 7.63. The summed E-state index contributed by atoms with van der Waals surface area (Å²) >= 11 is 0. The van der Waals surface area contributed by atoms with E-state index in [0.29, 0.717) is 6.42 Å². The van der Waals surface area contributed by atoms with Crippen LogP contribution in [0.1, 0.15) is 51.9 Å². The predicted molar refractivity (Wildman–Crippen MR) is 55.6 cm³/mol. The highest BCUT2D eigenvalue weighted by atomic mass is 16.5. The van der Waals surface area contributed by atoms with Gasteiger partial charge >= 0.3 is 5.97 Å². The molecule has 2 N–H and O–H groups in total. The quantitative estimate of drug-likeness (QED) is 0.558. The first kappa shape index (κ1) is 11.5. The molecule has 1 aliphatic rings. The molecule has 0 aromatic heterocycles. The molecule has 0 radical (unpaired) electrons. The molecule has 0 amide bonds. The van der Waals surface area contributed by atoms with Crippen molar-refractivity contribution in [3.8, 4) is 0 Å². The Hall–Kier alpha value is -0.570. The summed E-state index contributed by atoms with van der Waals surface area (Å²) < 4.78 is 4.88. The Balaban J connectivity index is 2.09. The minimum atomic E-state index is -0.464. The van der Waals surface area contributed by atoms with Crippen LogP contribution in [0.2, 0.25) is 0 Å². The number of carbonyl (C=O) groups excluding carboxylic acids is 1. The molecule has 1 saturated carbocycles. The van der Waals surface area contributed by atoms with Crippen LogP contribution in [0.4, 0.5) is 0 Å². The average Bonchev–Trinajstić information content (AvgIpc) is 2.15. The minimum absolute atomic E-state index is 0.148. The van der Waals surface area contributed by atoms with Crippen LogP contribution in [0, 0.1) is 5.92 Å². The SMILES string of the molecule is CC(N)OC(=O)CCC1CCCCC1. The Kier molecular flexibility index (Phi) is 4.94. The van der Waals surface area contributed by atoms with Crippen LogP contribution < -0.4 is 5.73 Å². The van der Waals surface area contributed by atoms with Crippen molar-refractivity contribution in [2.45, 2.75) is 58.1 Å². The molecular formula is C11H21NO2. The van der Waals surface area contributed by atoms with Crippen molar-refractivity contribution in [3.63, 3.8) is 0 Å². The van der Waals surface area contributed by atoms with Crippen molar-refractivity contribution >= 4 is 5.97 Å². The fourth-order valence-corrected chi connectivity index (χ4v) is 2.06. The lowest BCUT2D eigenvalue weighted by atomic mass is 9.86. The lowest BCUT2D eigenvalue weighted by Crippen LogP contribution is -2.23. The number of esters is 1. The van der Waals surface area contributed by atoms with Crippen molar-refractivity contribution in [3.05, 3.63) is 0 Å². The van der Waals surface area contributed by atoms with Gasteiger partial charge in [-0.25, -0.2) is 0 Å².